The van der Waals surface area contributed by atoms with E-state index in [1.54, 1.807) is 0 Å². The molecule has 0 saturated heterocycles. The summed E-state index contributed by atoms with van der Waals surface area (Å²) in [4.78, 5) is 16.8. The largest absolute Gasteiger partial charge is 0.486 e. The van der Waals surface area contributed by atoms with Crippen LogP contribution in [0.25, 0.3) is 11.1 Å². The first-order chi connectivity index (χ1) is 15.4. The van der Waals surface area contributed by atoms with Crippen LogP contribution in [0.4, 0.5) is 13.2 Å². The molecule has 0 N–H and O–H groups in total. The van der Waals surface area contributed by atoms with Crippen LogP contribution in [0.2, 0.25) is 5.02 Å². The number of ether oxygens (including phenoxy) is 1. The minimum Gasteiger partial charge on any atom is -0.486 e. The standard InChI is InChI=1S/C24H16ClF3N2O2/c25-17-9-20(26)19(21(27)10-17)12-30-14-29-11-18(24(30)31)16-6-7-23(22(28)8-16)32-13-15-4-2-1-3-5-15/h1-11,14H,12-13H2. The molecule has 0 aliphatic heterocycles. The van der Waals surface area contributed by atoms with Crippen molar-refractivity contribution in [3.63, 3.8) is 0 Å². The Morgan fingerprint density at radius 1 is 0.938 bits per heavy atom. The number of halogens is 4. The second kappa shape index (κ2) is 9.28. The van der Waals surface area contributed by atoms with Crippen LogP contribution in [0.3, 0.4) is 0 Å². The molecule has 0 aliphatic rings. The molecule has 162 valence electrons. The van der Waals surface area contributed by atoms with E-state index in [-0.39, 0.29) is 34.1 Å². The van der Waals surface area contributed by atoms with E-state index in [1.807, 2.05) is 30.3 Å². The van der Waals surface area contributed by atoms with Gasteiger partial charge in [-0.3, -0.25) is 9.36 Å². The fraction of sp³-hybridized carbons (Fsp3) is 0.0833. The average molecular weight is 457 g/mol. The first kappa shape index (κ1) is 21.6. The summed E-state index contributed by atoms with van der Waals surface area (Å²) in [6.45, 7) is -0.204. The second-order valence-corrected chi connectivity index (χ2v) is 7.44. The number of rotatable bonds is 6. The molecule has 1 heterocycles. The molecule has 0 atom stereocenters. The minimum absolute atomic E-state index is 0.0344. The summed E-state index contributed by atoms with van der Waals surface area (Å²) in [7, 11) is 0. The van der Waals surface area contributed by atoms with Gasteiger partial charge in [0.1, 0.15) is 18.2 Å². The van der Waals surface area contributed by atoms with E-state index in [0.29, 0.717) is 0 Å². The van der Waals surface area contributed by atoms with Gasteiger partial charge in [0.15, 0.2) is 11.6 Å². The molecular weight excluding hydrogens is 441 g/mol. The normalized spacial score (nSPS) is 10.9. The Morgan fingerprint density at radius 3 is 2.34 bits per heavy atom. The van der Waals surface area contributed by atoms with Crippen molar-refractivity contribution in [1.29, 1.82) is 0 Å². The van der Waals surface area contributed by atoms with Crippen molar-refractivity contribution in [2.24, 2.45) is 0 Å². The van der Waals surface area contributed by atoms with Crippen LogP contribution in [-0.2, 0) is 13.2 Å². The molecular formula is C24H16ClF3N2O2. The van der Waals surface area contributed by atoms with Crippen molar-refractivity contribution in [2.45, 2.75) is 13.2 Å². The maximum atomic E-state index is 14.6. The quantitative estimate of drug-likeness (QED) is 0.379. The molecule has 0 radical (unpaired) electrons. The predicted molar refractivity (Wildman–Crippen MR) is 115 cm³/mol. The van der Waals surface area contributed by atoms with Gasteiger partial charge in [-0.2, -0.15) is 0 Å². The van der Waals surface area contributed by atoms with Gasteiger partial charge in [0, 0.05) is 16.8 Å². The third-order valence-electron chi connectivity index (χ3n) is 4.82. The molecule has 3 aromatic carbocycles. The second-order valence-electron chi connectivity index (χ2n) is 7.01. The van der Waals surface area contributed by atoms with E-state index < -0.39 is 29.6 Å². The fourth-order valence-corrected chi connectivity index (χ4v) is 3.37. The minimum atomic E-state index is -0.877. The summed E-state index contributed by atoms with van der Waals surface area (Å²) in [6.07, 6.45) is 2.43. The van der Waals surface area contributed by atoms with Gasteiger partial charge in [0.25, 0.3) is 5.56 Å². The van der Waals surface area contributed by atoms with Crippen LogP contribution < -0.4 is 10.3 Å². The summed E-state index contributed by atoms with van der Waals surface area (Å²) in [5.41, 5.74) is 0.319. The van der Waals surface area contributed by atoms with Crippen molar-refractivity contribution in [1.82, 2.24) is 9.55 Å². The molecule has 1 aromatic heterocycles. The first-order valence-corrected chi connectivity index (χ1v) is 9.94. The molecule has 4 nitrogen and oxygen atoms in total. The van der Waals surface area contributed by atoms with Gasteiger partial charge in [-0.05, 0) is 35.4 Å². The van der Waals surface area contributed by atoms with E-state index >= 15 is 0 Å². The highest BCUT2D eigenvalue weighted by Crippen LogP contribution is 2.25. The Bertz CT molecular complexity index is 1300. The number of benzene rings is 3. The maximum absolute atomic E-state index is 14.6. The van der Waals surface area contributed by atoms with E-state index in [0.717, 1.165) is 34.7 Å². The number of hydrogen-bond acceptors (Lipinski definition) is 3. The first-order valence-electron chi connectivity index (χ1n) is 9.57. The van der Waals surface area contributed by atoms with Gasteiger partial charge >= 0.3 is 0 Å². The molecule has 32 heavy (non-hydrogen) atoms. The molecule has 0 aliphatic carbocycles. The van der Waals surface area contributed by atoms with E-state index in [2.05, 4.69) is 4.98 Å². The monoisotopic (exact) mass is 456 g/mol. The maximum Gasteiger partial charge on any atom is 0.261 e. The summed E-state index contributed by atoms with van der Waals surface area (Å²) in [6, 6.07) is 15.3. The van der Waals surface area contributed by atoms with Crippen molar-refractivity contribution in [2.75, 3.05) is 0 Å². The molecule has 0 fully saturated rings. The summed E-state index contributed by atoms with van der Waals surface area (Å²) in [5, 5.41) is -0.0898. The highest BCUT2D eigenvalue weighted by Gasteiger charge is 2.15. The van der Waals surface area contributed by atoms with Crippen molar-refractivity contribution in [3.8, 4) is 16.9 Å². The number of nitrogens with zero attached hydrogens (tertiary/aromatic N) is 2. The summed E-state index contributed by atoms with van der Waals surface area (Å²) >= 11 is 5.64. The van der Waals surface area contributed by atoms with Gasteiger partial charge in [-0.15, -0.1) is 0 Å². The van der Waals surface area contributed by atoms with Crippen LogP contribution in [0.5, 0.6) is 5.75 Å². The fourth-order valence-electron chi connectivity index (χ4n) is 3.18. The van der Waals surface area contributed by atoms with Gasteiger partial charge < -0.3 is 4.74 Å². The molecule has 0 unspecified atom stereocenters. The summed E-state index contributed by atoms with van der Waals surface area (Å²) < 4.78 is 49.4. The molecule has 8 heteroatoms. The lowest BCUT2D eigenvalue weighted by Gasteiger charge is -2.11. The van der Waals surface area contributed by atoms with Gasteiger partial charge in [0.2, 0.25) is 0 Å². The predicted octanol–water partition coefficient (Wildman–Crippen LogP) is 5.61. The zero-order valence-corrected chi connectivity index (χ0v) is 17.3. The Hall–Kier alpha value is -3.58. The van der Waals surface area contributed by atoms with Gasteiger partial charge in [-0.1, -0.05) is 48.0 Å². The van der Waals surface area contributed by atoms with E-state index in [9.17, 15) is 18.0 Å². The van der Waals surface area contributed by atoms with Crippen molar-refractivity contribution in [3.05, 3.63) is 117 Å². The molecule has 4 rings (SSSR count). The summed E-state index contributed by atoms with van der Waals surface area (Å²) in [5.74, 6) is -2.37. The molecule has 0 amide bonds. The SMILES string of the molecule is O=c1c(-c2ccc(OCc3ccccc3)c(F)c2)cncn1Cc1c(F)cc(Cl)cc1F. The average Bonchev–Trinajstić information content (AvgIpc) is 2.77. The zero-order chi connectivity index (χ0) is 22.7. The molecule has 0 bridgehead atoms. The highest BCUT2D eigenvalue weighted by atomic mass is 35.5. The third-order valence-corrected chi connectivity index (χ3v) is 5.03. The van der Waals surface area contributed by atoms with Crippen LogP contribution in [0.15, 0.2) is 78.0 Å². The van der Waals surface area contributed by atoms with Gasteiger partial charge in [-0.25, -0.2) is 18.2 Å². The van der Waals surface area contributed by atoms with Crippen LogP contribution in [-0.4, -0.2) is 9.55 Å². The Labute approximate surface area is 186 Å². The van der Waals surface area contributed by atoms with Crippen LogP contribution in [0, 0.1) is 17.5 Å². The zero-order valence-electron chi connectivity index (χ0n) is 16.6. The lowest BCUT2D eigenvalue weighted by atomic mass is 10.1. The Kier molecular flexibility index (Phi) is 6.28. The van der Waals surface area contributed by atoms with Gasteiger partial charge in [0.05, 0.1) is 18.4 Å². The van der Waals surface area contributed by atoms with E-state index in [1.165, 1.54) is 18.3 Å². The lowest BCUT2D eigenvalue weighted by Crippen LogP contribution is -2.23. The highest BCUT2D eigenvalue weighted by molar-refractivity contribution is 6.30. The number of aromatic nitrogens is 2. The third kappa shape index (κ3) is 4.68. The Morgan fingerprint density at radius 2 is 1.66 bits per heavy atom. The number of hydrogen-bond donors (Lipinski definition) is 0. The molecule has 0 saturated carbocycles. The van der Waals surface area contributed by atoms with Crippen LogP contribution >= 0.6 is 11.6 Å². The molecule has 0 spiro atoms. The Balaban J connectivity index is 1.59. The smallest absolute Gasteiger partial charge is 0.261 e. The topological polar surface area (TPSA) is 44.1 Å². The molecule has 4 aromatic rings. The lowest BCUT2D eigenvalue weighted by molar-refractivity contribution is 0.290. The van der Waals surface area contributed by atoms with E-state index in [4.69, 9.17) is 16.3 Å². The van der Waals surface area contributed by atoms with Crippen molar-refractivity contribution >= 4 is 11.6 Å². The van der Waals surface area contributed by atoms with Crippen LogP contribution in [0.1, 0.15) is 11.1 Å². The van der Waals surface area contributed by atoms with Crippen molar-refractivity contribution < 1.29 is 17.9 Å².